The van der Waals surface area contributed by atoms with Crippen molar-refractivity contribution in [1.29, 1.82) is 0 Å². The minimum absolute atomic E-state index is 0.292. The first-order valence-electron chi connectivity index (χ1n) is 11.6. The molecule has 3 aromatic rings. The fourth-order valence-electron chi connectivity index (χ4n) is 4.10. The molecule has 0 bridgehead atoms. The predicted molar refractivity (Wildman–Crippen MR) is 137 cm³/mol. The Morgan fingerprint density at radius 1 is 0.575 bits per heavy atom. The van der Waals surface area contributed by atoms with Crippen molar-refractivity contribution in [1.82, 2.24) is 0 Å². The van der Waals surface area contributed by atoms with E-state index >= 15 is 0 Å². The first-order chi connectivity index (χ1) is 19.0. The standard InChI is InChI=1S/C29H20O11/c30-24(16-6-2-1-3-7-16)17-12-14-29(15-13-17,39-20-10-4-8-18(25(31)32)22(20)27(35)36)40-21-11-5-9-19(26(33)34)23(21)28(37)38/h1-15,17H,(H,31,32)(H,33,34)(H,35,36)(H,37,38). The molecule has 3 aromatic carbocycles. The number of ether oxygens (including phenoxy) is 2. The highest BCUT2D eigenvalue weighted by Crippen LogP contribution is 2.35. The van der Waals surface area contributed by atoms with Crippen LogP contribution in [0.25, 0.3) is 0 Å². The van der Waals surface area contributed by atoms with Crippen LogP contribution in [0.3, 0.4) is 0 Å². The maximum Gasteiger partial charge on any atom is 0.340 e. The number of Topliss-reactive ketones (excluding diaryl/α,β-unsaturated/α-hetero) is 1. The van der Waals surface area contributed by atoms with Crippen molar-refractivity contribution in [2.45, 2.75) is 5.79 Å². The van der Waals surface area contributed by atoms with Crippen molar-refractivity contribution >= 4 is 29.7 Å². The summed E-state index contributed by atoms with van der Waals surface area (Å²) in [5.41, 5.74) is -2.18. The Morgan fingerprint density at radius 3 is 1.43 bits per heavy atom. The first-order valence-corrected chi connectivity index (χ1v) is 11.6. The van der Waals surface area contributed by atoms with Gasteiger partial charge in [-0.25, -0.2) is 19.2 Å². The predicted octanol–water partition coefficient (Wildman–Crippen LogP) is 4.26. The maximum absolute atomic E-state index is 13.0. The van der Waals surface area contributed by atoms with E-state index in [2.05, 4.69) is 0 Å². The normalized spacial score (nSPS) is 13.8. The van der Waals surface area contributed by atoms with Crippen LogP contribution in [0.4, 0.5) is 0 Å². The van der Waals surface area contributed by atoms with Crippen molar-refractivity contribution in [2.75, 3.05) is 0 Å². The van der Waals surface area contributed by atoms with Crippen LogP contribution in [-0.4, -0.2) is 55.9 Å². The van der Waals surface area contributed by atoms with E-state index in [1.807, 2.05) is 0 Å². The summed E-state index contributed by atoms with van der Waals surface area (Å²) in [6.07, 6.45) is 5.24. The summed E-state index contributed by atoms with van der Waals surface area (Å²) >= 11 is 0. The van der Waals surface area contributed by atoms with Crippen molar-refractivity contribution in [3.05, 3.63) is 119 Å². The topological polar surface area (TPSA) is 185 Å². The molecule has 0 saturated heterocycles. The smallest absolute Gasteiger partial charge is 0.340 e. The quantitative estimate of drug-likeness (QED) is 0.162. The second kappa shape index (κ2) is 11.0. The summed E-state index contributed by atoms with van der Waals surface area (Å²) in [5, 5.41) is 38.5. The summed E-state index contributed by atoms with van der Waals surface area (Å²) in [7, 11) is 0. The van der Waals surface area contributed by atoms with Gasteiger partial charge in [0.05, 0.1) is 17.0 Å². The number of rotatable bonds is 10. The Kier molecular flexibility index (Phi) is 7.48. The third-order valence-electron chi connectivity index (χ3n) is 5.91. The van der Waals surface area contributed by atoms with Gasteiger partial charge in [0.15, 0.2) is 5.78 Å². The largest absolute Gasteiger partial charge is 0.478 e. The fourth-order valence-corrected chi connectivity index (χ4v) is 4.10. The molecular formula is C29H20O11. The Labute approximate surface area is 225 Å². The van der Waals surface area contributed by atoms with Gasteiger partial charge in [-0.3, -0.25) is 4.79 Å². The lowest BCUT2D eigenvalue weighted by Gasteiger charge is -2.33. The maximum atomic E-state index is 13.0. The Bertz CT molecular complexity index is 1490. The average Bonchev–Trinajstić information content (AvgIpc) is 2.93. The Hall–Kier alpha value is -5.71. The van der Waals surface area contributed by atoms with Gasteiger partial charge < -0.3 is 29.9 Å². The van der Waals surface area contributed by atoms with Crippen LogP contribution in [0.15, 0.2) is 91.0 Å². The first kappa shape index (κ1) is 27.3. The van der Waals surface area contributed by atoms with Crippen LogP contribution < -0.4 is 9.47 Å². The van der Waals surface area contributed by atoms with E-state index < -0.39 is 69.3 Å². The van der Waals surface area contributed by atoms with E-state index in [1.165, 1.54) is 48.6 Å². The van der Waals surface area contributed by atoms with Gasteiger partial charge in [-0.15, -0.1) is 0 Å². The molecule has 1 aliphatic rings. The number of benzene rings is 3. The van der Waals surface area contributed by atoms with Crippen molar-refractivity contribution in [3.8, 4) is 11.5 Å². The molecular weight excluding hydrogens is 524 g/mol. The average molecular weight is 544 g/mol. The molecule has 0 radical (unpaired) electrons. The molecule has 0 spiro atoms. The van der Waals surface area contributed by atoms with Gasteiger partial charge in [0.25, 0.3) is 5.79 Å². The van der Waals surface area contributed by atoms with Crippen LogP contribution in [0.1, 0.15) is 51.8 Å². The van der Waals surface area contributed by atoms with Crippen molar-refractivity contribution < 1.29 is 53.9 Å². The molecule has 1 aliphatic carbocycles. The Balaban J connectivity index is 1.83. The highest BCUT2D eigenvalue weighted by atomic mass is 16.7. The molecule has 0 unspecified atom stereocenters. The highest BCUT2D eigenvalue weighted by molar-refractivity contribution is 6.04. The van der Waals surface area contributed by atoms with Gasteiger partial charge in [-0.2, -0.15) is 0 Å². The van der Waals surface area contributed by atoms with Gasteiger partial charge in [0, 0.05) is 17.7 Å². The molecule has 0 atom stereocenters. The molecule has 0 aromatic heterocycles. The van der Waals surface area contributed by atoms with E-state index in [-0.39, 0.29) is 5.78 Å². The molecule has 0 saturated carbocycles. The fraction of sp³-hybridized carbons (Fsp3) is 0.0690. The van der Waals surface area contributed by atoms with Crippen molar-refractivity contribution in [2.24, 2.45) is 5.92 Å². The van der Waals surface area contributed by atoms with Crippen LogP contribution in [0, 0.1) is 5.92 Å². The number of hydrogen-bond acceptors (Lipinski definition) is 7. The van der Waals surface area contributed by atoms with E-state index in [1.54, 1.807) is 30.3 Å². The zero-order valence-corrected chi connectivity index (χ0v) is 20.4. The number of hydrogen-bond donors (Lipinski definition) is 4. The number of aromatic carboxylic acids is 4. The monoisotopic (exact) mass is 544 g/mol. The number of allylic oxidation sites excluding steroid dienone is 2. The van der Waals surface area contributed by atoms with E-state index in [0.29, 0.717) is 5.56 Å². The molecule has 11 heteroatoms. The third-order valence-corrected chi connectivity index (χ3v) is 5.91. The van der Waals surface area contributed by atoms with Gasteiger partial charge in [-0.05, 0) is 24.3 Å². The van der Waals surface area contributed by atoms with Gasteiger partial charge in [0.2, 0.25) is 0 Å². The summed E-state index contributed by atoms with van der Waals surface area (Å²) < 4.78 is 11.8. The molecule has 4 rings (SSSR count). The molecule has 0 amide bonds. The lowest BCUT2D eigenvalue weighted by molar-refractivity contribution is -0.0308. The number of carbonyl (C=O) groups excluding carboxylic acids is 1. The van der Waals surface area contributed by atoms with Crippen LogP contribution in [0.2, 0.25) is 0 Å². The Morgan fingerprint density at radius 2 is 1.02 bits per heavy atom. The van der Waals surface area contributed by atoms with Gasteiger partial charge in [-0.1, -0.05) is 54.6 Å². The van der Waals surface area contributed by atoms with Crippen LogP contribution in [0.5, 0.6) is 11.5 Å². The lowest BCUT2D eigenvalue weighted by Crippen LogP contribution is -2.41. The molecule has 11 nitrogen and oxygen atoms in total. The van der Waals surface area contributed by atoms with Crippen molar-refractivity contribution in [3.63, 3.8) is 0 Å². The van der Waals surface area contributed by atoms with Gasteiger partial charge >= 0.3 is 23.9 Å². The number of carboxylic acids is 4. The summed E-state index contributed by atoms with van der Waals surface area (Å²) in [6, 6.07) is 15.3. The van der Waals surface area contributed by atoms with E-state index in [9.17, 15) is 44.4 Å². The summed E-state index contributed by atoms with van der Waals surface area (Å²) in [4.78, 5) is 60.4. The van der Waals surface area contributed by atoms with Gasteiger partial charge in [0.1, 0.15) is 22.6 Å². The summed E-state index contributed by atoms with van der Waals surface area (Å²) in [6.45, 7) is 0. The molecule has 4 N–H and O–H groups in total. The van der Waals surface area contributed by atoms with Crippen LogP contribution in [-0.2, 0) is 0 Å². The van der Waals surface area contributed by atoms with E-state index in [0.717, 1.165) is 12.1 Å². The molecule has 40 heavy (non-hydrogen) atoms. The zero-order chi connectivity index (χ0) is 29.0. The number of carboxylic acid groups (broad SMARTS) is 4. The second-order valence-electron chi connectivity index (χ2n) is 8.48. The minimum atomic E-state index is -2.11. The lowest BCUT2D eigenvalue weighted by atomic mass is 9.92. The summed E-state index contributed by atoms with van der Waals surface area (Å²) in [5.74, 6) is -10.4. The SMILES string of the molecule is O=C(O)c1cccc(OC2(Oc3cccc(C(=O)O)c3C(=O)O)C=CC(C(=O)c3ccccc3)C=C2)c1C(=O)O. The molecule has 0 aliphatic heterocycles. The molecule has 0 fully saturated rings. The zero-order valence-electron chi connectivity index (χ0n) is 20.4. The molecule has 202 valence electrons. The minimum Gasteiger partial charge on any atom is -0.478 e. The number of carbonyl (C=O) groups is 5. The highest BCUT2D eigenvalue weighted by Gasteiger charge is 2.37. The van der Waals surface area contributed by atoms with Crippen LogP contribution >= 0.6 is 0 Å². The third kappa shape index (κ3) is 5.43. The number of ketones is 1. The molecule has 0 heterocycles. The second-order valence-corrected chi connectivity index (χ2v) is 8.48. The van der Waals surface area contributed by atoms with E-state index in [4.69, 9.17) is 9.47 Å².